The standard InChI is InChI=1S/C15H20N2O4/c1-3-15(2)7-9-16(10-8-15)12-6-4-5-11(14(18)19)13(12)17(20)21/h4-6H,3,7-10H2,1-2H3,(H,18,19). The number of rotatable bonds is 4. The SMILES string of the molecule is CCC1(C)CCN(c2cccc(C(=O)O)c2[N+](=O)[O-])CC1. The van der Waals surface area contributed by atoms with Crippen LogP contribution in [0.25, 0.3) is 0 Å². The van der Waals surface area contributed by atoms with Crippen LogP contribution >= 0.6 is 0 Å². The average Bonchev–Trinajstić information content (AvgIpc) is 2.47. The summed E-state index contributed by atoms with van der Waals surface area (Å²) < 4.78 is 0. The van der Waals surface area contributed by atoms with Gasteiger partial charge in [0.2, 0.25) is 0 Å². The van der Waals surface area contributed by atoms with Crippen molar-refractivity contribution >= 4 is 17.3 Å². The molecule has 0 bridgehead atoms. The molecule has 1 aromatic carbocycles. The Morgan fingerprint density at radius 3 is 2.52 bits per heavy atom. The first-order chi connectivity index (χ1) is 9.88. The van der Waals surface area contributed by atoms with E-state index in [9.17, 15) is 14.9 Å². The van der Waals surface area contributed by atoms with E-state index in [0.717, 1.165) is 19.3 Å². The molecular weight excluding hydrogens is 272 g/mol. The van der Waals surface area contributed by atoms with Crippen molar-refractivity contribution < 1.29 is 14.8 Å². The first-order valence-corrected chi connectivity index (χ1v) is 7.13. The summed E-state index contributed by atoms with van der Waals surface area (Å²) in [6.07, 6.45) is 2.99. The number of carboxylic acids is 1. The Balaban J connectivity index is 2.35. The van der Waals surface area contributed by atoms with E-state index >= 15 is 0 Å². The van der Waals surface area contributed by atoms with Gasteiger partial charge in [-0.25, -0.2) is 4.79 Å². The van der Waals surface area contributed by atoms with Crippen molar-refractivity contribution in [2.24, 2.45) is 5.41 Å². The van der Waals surface area contributed by atoms with Gasteiger partial charge in [0.15, 0.2) is 0 Å². The van der Waals surface area contributed by atoms with E-state index in [2.05, 4.69) is 13.8 Å². The lowest BCUT2D eigenvalue weighted by molar-refractivity contribution is -0.384. The number of piperidine rings is 1. The Morgan fingerprint density at radius 1 is 1.43 bits per heavy atom. The summed E-state index contributed by atoms with van der Waals surface area (Å²) in [5.74, 6) is -1.26. The molecule has 0 radical (unpaired) electrons. The highest BCUT2D eigenvalue weighted by Gasteiger charge is 2.32. The third kappa shape index (κ3) is 2.99. The molecule has 1 aliphatic heterocycles. The third-order valence-electron chi connectivity index (χ3n) is 4.59. The van der Waals surface area contributed by atoms with Gasteiger partial charge in [-0.3, -0.25) is 10.1 Å². The molecule has 0 aliphatic carbocycles. The monoisotopic (exact) mass is 292 g/mol. The molecule has 1 saturated heterocycles. The van der Waals surface area contributed by atoms with Gasteiger partial charge in [0.05, 0.1) is 4.92 Å². The summed E-state index contributed by atoms with van der Waals surface area (Å²) in [6.45, 7) is 5.82. The van der Waals surface area contributed by atoms with Gasteiger partial charge in [0.1, 0.15) is 11.3 Å². The number of hydrogen-bond donors (Lipinski definition) is 1. The Kier molecular flexibility index (Phi) is 4.16. The lowest BCUT2D eigenvalue weighted by Crippen LogP contribution is -2.38. The maximum absolute atomic E-state index is 11.3. The van der Waals surface area contributed by atoms with Crippen LogP contribution in [0.1, 0.15) is 43.5 Å². The van der Waals surface area contributed by atoms with Crippen LogP contribution in [0, 0.1) is 15.5 Å². The average molecular weight is 292 g/mol. The van der Waals surface area contributed by atoms with Gasteiger partial charge in [0, 0.05) is 13.1 Å². The smallest absolute Gasteiger partial charge is 0.342 e. The van der Waals surface area contributed by atoms with Crippen molar-refractivity contribution in [1.29, 1.82) is 0 Å². The minimum Gasteiger partial charge on any atom is -0.477 e. The number of nitro groups is 1. The molecule has 0 amide bonds. The van der Waals surface area contributed by atoms with Crippen LogP contribution < -0.4 is 4.90 Å². The molecule has 6 heteroatoms. The first-order valence-electron chi connectivity index (χ1n) is 7.13. The van der Waals surface area contributed by atoms with Gasteiger partial charge >= 0.3 is 11.7 Å². The minimum atomic E-state index is -1.26. The van der Waals surface area contributed by atoms with Gasteiger partial charge in [-0.1, -0.05) is 26.3 Å². The van der Waals surface area contributed by atoms with Crippen molar-refractivity contribution in [1.82, 2.24) is 0 Å². The largest absolute Gasteiger partial charge is 0.477 e. The fraction of sp³-hybridized carbons (Fsp3) is 0.533. The molecule has 0 atom stereocenters. The van der Waals surface area contributed by atoms with Crippen LogP contribution in [-0.2, 0) is 0 Å². The van der Waals surface area contributed by atoms with Gasteiger partial charge in [-0.2, -0.15) is 0 Å². The fourth-order valence-electron chi connectivity index (χ4n) is 2.79. The lowest BCUT2D eigenvalue weighted by Gasteiger charge is -2.39. The van der Waals surface area contributed by atoms with E-state index in [1.807, 2.05) is 4.90 Å². The summed E-state index contributed by atoms with van der Waals surface area (Å²) >= 11 is 0. The highest BCUT2D eigenvalue weighted by atomic mass is 16.6. The van der Waals surface area contributed by atoms with E-state index in [4.69, 9.17) is 5.11 Å². The summed E-state index contributed by atoms with van der Waals surface area (Å²) in [5, 5.41) is 20.4. The Labute approximate surface area is 123 Å². The summed E-state index contributed by atoms with van der Waals surface area (Å²) in [5.41, 5.74) is 0.139. The zero-order valence-electron chi connectivity index (χ0n) is 12.3. The molecule has 6 nitrogen and oxygen atoms in total. The normalized spacial score (nSPS) is 17.5. The highest BCUT2D eigenvalue weighted by Crippen LogP contribution is 2.39. The molecule has 1 fully saturated rings. The summed E-state index contributed by atoms with van der Waals surface area (Å²) in [7, 11) is 0. The van der Waals surface area contributed by atoms with Crippen molar-refractivity contribution in [2.45, 2.75) is 33.1 Å². The Bertz CT molecular complexity index is 563. The van der Waals surface area contributed by atoms with Gasteiger partial charge in [-0.05, 0) is 30.4 Å². The number of carboxylic acid groups (broad SMARTS) is 1. The molecule has 0 spiro atoms. The molecule has 1 heterocycles. The van der Waals surface area contributed by atoms with Crippen LogP contribution in [0.4, 0.5) is 11.4 Å². The zero-order valence-corrected chi connectivity index (χ0v) is 12.3. The van der Waals surface area contributed by atoms with E-state index in [0.29, 0.717) is 18.8 Å². The van der Waals surface area contributed by atoms with Crippen molar-refractivity contribution in [2.75, 3.05) is 18.0 Å². The van der Waals surface area contributed by atoms with Crippen molar-refractivity contribution in [3.8, 4) is 0 Å². The zero-order chi connectivity index (χ0) is 15.6. The maximum atomic E-state index is 11.3. The van der Waals surface area contributed by atoms with Gasteiger partial charge in [-0.15, -0.1) is 0 Å². The molecule has 2 rings (SSSR count). The van der Waals surface area contributed by atoms with Crippen molar-refractivity contribution in [3.05, 3.63) is 33.9 Å². The predicted octanol–water partition coefficient (Wildman–Crippen LogP) is 3.31. The lowest BCUT2D eigenvalue weighted by atomic mass is 9.78. The van der Waals surface area contributed by atoms with Crippen LogP contribution in [0.3, 0.4) is 0 Å². The van der Waals surface area contributed by atoms with Crippen LogP contribution in [0.5, 0.6) is 0 Å². The van der Waals surface area contributed by atoms with E-state index in [1.165, 1.54) is 6.07 Å². The molecule has 114 valence electrons. The molecule has 1 aliphatic rings. The van der Waals surface area contributed by atoms with Gasteiger partial charge < -0.3 is 10.0 Å². The Hall–Kier alpha value is -2.11. The topological polar surface area (TPSA) is 83.7 Å². The number of benzene rings is 1. The number of nitrogens with zero attached hydrogens (tertiary/aromatic N) is 2. The Morgan fingerprint density at radius 2 is 2.05 bits per heavy atom. The number of nitro benzene ring substituents is 1. The first kappa shape index (κ1) is 15.3. The van der Waals surface area contributed by atoms with Crippen LogP contribution in [0.2, 0.25) is 0 Å². The maximum Gasteiger partial charge on any atom is 0.342 e. The van der Waals surface area contributed by atoms with Crippen molar-refractivity contribution in [3.63, 3.8) is 0 Å². The molecule has 21 heavy (non-hydrogen) atoms. The van der Waals surface area contributed by atoms with Gasteiger partial charge in [0.25, 0.3) is 0 Å². The molecule has 0 unspecified atom stereocenters. The quantitative estimate of drug-likeness (QED) is 0.680. The number of para-hydroxylation sites is 1. The van der Waals surface area contributed by atoms with Crippen LogP contribution in [-0.4, -0.2) is 29.1 Å². The molecule has 1 N–H and O–H groups in total. The van der Waals surface area contributed by atoms with E-state index in [-0.39, 0.29) is 16.7 Å². The third-order valence-corrected chi connectivity index (χ3v) is 4.59. The number of anilines is 1. The number of carbonyl (C=O) groups is 1. The summed E-state index contributed by atoms with van der Waals surface area (Å²) in [4.78, 5) is 23.8. The van der Waals surface area contributed by atoms with E-state index in [1.54, 1.807) is 12.1 Å². The van der Waals surface area contributed by atoms with E-state index < -0.39 is 10.9 Å². The van der Waals surface area contributed by atoms with Crippen LogP contribution in [0.15, 0.2) is 18.2 Å². The molecular formula is C15H20N2O4. The molecule has 0 aromatic heterocycles. The highest BCUT2D eigenvalue weighted by molar-refractivity contribution is 5.95. The number of aromatic carboxylic acids is 1. The molecule has 0 saturated carbocycles. The second-order valence-electron chi connectivity index (χ2n) is 5.89. The minimum absolute atomic E-state index is 0.249. The number of hydrogen-bond acceptors (Lipinski definition) is 4. The molecule has 1 aromatic rings. The predicted molar refractivity (Wildman–Crippen MR) is 79.9 cm³/mol. The second-order valence-corrected chi connectivity index (χ2v) is 5.89. The summed E-state index contributed by atoms with van der Waals surface area (Å²) in [6, 6.07) is 4.49. The second kappa shape index (κ2) is 5.71. The fourth-order valence-corrected chi connectivity index (χ4v) is 2.79.